The third kappa shape index (κ3) is 3.46. The van der Waals surface area contributed by atoms with Crippen LogP contribution < -0.4 is 0 Å². The Labute approximate surface area is 94.0 Å². The molecule has 0 aromatic rings. The van der Waals surface area contributed by atoms with Crippen molar-refractivity contribution in [3.8, 4) is 0 Å². The zero-order valence-corrected chi connectivity index (χ0v) is 10.5. The van der Waals surface area contributed by atoms with E-state index in [1.807, 2.05) is 6.92 Å². The summed E-state index contributed by atoms with van der Waals surface area (Å²) in [6.07, 6.45) is 6.22. The zero-order chi connectivity index (χ0) is 11.3. The van der Waals surface area contributed by atoms with Gasteiger partial charge in [0, 0.05) is 6.61 Å². The third-order valence-electron chi connectivity index (χ3n) is 3.51. The highest BCUT2D eigenvalue weighted by Crippen LogP contribution is 2.37. The first kappa shape index (κ1) is 13.0. The Kier molecular flexibility index (Phi) is 5.07. The molecule has 90 valence electrons. The second-order valence-corrected chi connectivity index (χ2v) is 5.19. The Balaban J connectivity index is 2.47. The van der Waals surface area contributed by atoms with E-state index >= 15 is 0 Å². The molecule has 0 radical (unpaired) electrons. The predicted octanol–water partition coefficient (Wildman–Crippen LogP) is 3.13. The molecule has 1 saturated carbocycles. The van der Waals surface area contributed by atoms with E-state index < -0.39 is 0 Å². The fourth-order valence-corrected chi connectivity index (χ4v) is 2.59. The summed E-state index contributed by atoms with van der Waals surface area (Å²) >= 11 is 0. The molecule has 2 nitrogen and oxygen atoms in total. The van der Waals surface area contributed by atoms with Crippen molar-refractivity contribution in [1.82, 2.24) is 0 Å². The van der Waals surface area contributed by atoms with Crippen molar-refractivity contribution in [1.29, 1.82) is 0 Å². The average molecular weight is 214 g/mol. The second-order valence-electron chi connectivity index (χ2n) is 5.19. The standard InChI is InChI=1S/C13H26O2/c1-4-15-13(9-5-6-10-13)12(14)8-7-11(2)3/h11-12,14H,4-10H2,1-3H3. The van der Waals surface area contributed by atoms with Crippen LogP contribution in [0.1, 0.15) is 59.3 Å². The van der Waals surface area contributed by atoms with Gasteiger partial charge in [-0.1, -0.05) is 26.7 Å². The molecule has 0 aliphatic heterocycles. The van der Waals surface area contributed by atoms with Gasteiger partial charge in [-0.15, -0.1) is 0 Å². The molecular weight excluding hydrogens is 188 g/mol. The molecule has 0 amide bonds. The molecule has 1 aliphatic carbocycles. The Morgan fingerprint density at radius 1 is 1.20 bits per heavy atom. The van der Waals surface area contributed by atoms with E-state index in [4.69, 9.17) is 4.74 Å². The maximum Gasteiger partial charge on any atom is 0.0939 e. The van der Waals surface area contributed by atoms with Crippen LogP contribution in [0.3, 0.4) is 0 Å². The van der Waals surface area contributed by atoms with Crippen LogP contribution in [0.4, 0.5) is 0 Å². The van der Waals surface area contributed by atoms with Gasteiger partial charge < -0.3 is 9.84 Å². The van der Waals surface area contributed by atoms with Gasteiger partial charge in [-0.3, -0.25) is 0 Å². The number of hydrogen-bond donors (Lipinski definition) is 1. The molecule has 1 N–H and O–H groups in total. The van der Waals surface area contributed by atoms with Gasteiger partial charge in [0.05, 0.1) is 11.7 Å². The van der Waals surface area contributed by atoms with Crippen LogP contribution in [0.25, 0.3) is 0 Å². The molecule has 0 bridgehead atoms. The summed E-state index contributed by atoms with van der Waals surface area (Å²) in [7, 11) is 0. The lowest BCUT2D eigenvalue weighted by atomic mass is 9.89. The van der Waals surface area contributed by atoms with Crippen LogP contribution in [0.15, 0.2) is 0 Å². The van der Waals surface area contributed by atoms with E-state index in [2.05, 4.69) is 13.8 Å². The molecule has 0 saturated heterocycles. The number of aliphatic hydroxyl groups is 1. The van der Waals surface area contributed by atoms with E-state index in [0.717, 1.165) is 32.3 Å². The Hall–Kier alpha value is -0.0800. The highest BCUT2D eigenvalue weighted by molar-refractivity contribution is 4.92. The fourth-order valence-electron chi connectivity index (χ4n) is 2.59. The van der Waals surface area contributed by atoms with E-state index in [9.17, 15) is 5.11 Å². The van der Waals surface area contributed by atoms with Gasteiger partial charge in [-0.25, -0.2) is 0 Å². The normalized spacial score (nSPS) is 22.2. The topological polar surface area (TPSA) is 29.5 Å². The van der Waals surface area contributed by atoms with E-state index in [-0.39, 0.29) is 11.7 Å². The number of ether oxygens (including phenoxy) is 1. The van der Waals surface area contributed by atoms with E-state index in [0.29, 0.717) is 5.92 Å². The fraction of sp³-hybridized carbons (Fsp3) is 1.00. The van der Waals surface area contributed by atoms with Crippen LogP contribution in [0, 0.1) is 5.92 Å². The van der Waals surface area contributed by atoms with Crippen LogP contribution in [0.5, 0.6) is 0 Å². The van der Waals surface area contributed by atoms with Gasteiger partial charge in [0.2, 0.25) is 0 Å². The highest BCUT2D eigenvalue weighted by Gasteiger charge is 2.40. The molecule has 1 atom stereocenters. The minimum atomic E-state index is -0.262. The average Bonchev–Trinajstić information content (AvgIpc) is 2.64. The van der Waals surface area contributed by atoms with E-state index in [1.54, 1.807) is 0 Å². The van der Waals surface area contributed by atoms with Gasteiger partial charge in [-0.05, 0) is 38.5 Å². The molecule has 0 aromatic carbocycles. The van der Waals surface area contributed by atoms with Crippen molar-refractivity contribution >= 4 is 0 Å². The minimum Gasteiger partial charge on any atom is -0.390 e. The summed E-state index contributed by atoms with van der Waals surface area (Å²) in [4.78, 5) is 0. The third-order valence-corrected chi connectivity index (χ3v) is 3.51. The molecule has 1 unspecified atom stereocenters. The first-order valence-corrected chi connectivity index (χ1v) is 6.43. The SMILES string of the molecule is CCOC1(C(O)CCC(C)C)CCCC1. The van der Waals surface area contributed by atoms with Gasteiger partial charge in [0.15, 0.2) is 0 Å². The molecule has 1 aliphatic rings. The number of hydrogen-bond acceptors (Lipinski definition) is 2. The van der Waals surface area contributed by atoms with Crippen molar-refractivity contribution in [2.45, 2.75) is 71.0 Å². The quantitative estimate of drug-likeness (QED) is 0.736. The first-order chi connectivity index (χ1) is 7.10. The van der Waals surface area contributed by atoms with E-state index in [1.165, 1.54) is 12.8 Å². The molecule has 15 heavy (non-hydrogen) atoms. The van der Waals surface area contributed by atoms with Crippen molar-refractivity contribution in [2.75, 3.05) is 6.61 Å². The molecule has 2 heteroatoms. The summed E-state index contributed by atoms with van der Waals surface area (Å²) in [6.45, 7) is 7.15. The summed E-state index contributed by atoms with van der Waals surface area (Å²) < 4.78 is 5.83. The lowest BCUT2D eigenvalue weighted by Gasteiger charge is -2.34. The zero-order valence-electron chi connectivity index (χ0n) is 10.5. The number of rotatable bonds is 6. The molecular formula is C13H26O2. The second kappa shape index (κ2) is 5.86. The van der Waals surface area contributed by atoms with Gasteiger partial charge in [0.25, 0.3) is 0 Å². The first-order valence-electron chi connectivity index (χ1n) is 6.43. The molecule has 0 aromatic heterocycles. The van der Waals surface area contributed by atoms with Crippen LogP contribution >= 0.6 is 0 Å². The van der Waals surface area contributed by atoms with Gasteiger partial charge >= 0.3 is 0 Å². The molecule has 1 rings (SSSR count). The largest absolute Gasteiger partial charge is 0.390 e. The van der Waals surface area contributed by atoms with Crippen molar-refractivity contribution in [2.24, 2.45) is 5.92 Å². The number of aliphatic hydroxyl groups excluding tert-OH is 1. The van der Waals surface area contributed by atoms with Gasteiger partial charge in [0.1, 0.15) is 0 Å². The summed E-state index contributed by atoms with van der Waals surface area (Å²) in [5.41, 5.74) is -0.205. The smallest absolute Gasteiger partial charge is 0.0939 e. The molecule has 0 spiro atoms. The minimum absolute atomic E-state index is 0.205. The van der Waals surface area contributed by atoms with Crippen LogP contribution in [-0.2, 0) is 4.74 Å². The van der Waals surface area contributed by atoms with Crippen molar-refractivity contribution < 1.29 is 9.84 Å². The molecule has 1 fully saturated rings. The lowest BCUT2D eigenvalue weighted by Crippen LogP contribution is -2.42. The van der Waals surface area contributed by atoms with Crippen molar-refractivity contribution in [3.63, 3.8) is 0 Å². The maximum atomic E-state index is 10.3. The van der Waals surface area contributed by atoms with Gasteiger partial charge in [-0.2, -0.15) is 0 Å². The monoisotopic (exact) mass is 214 g/mol. The maximum absolute atomic E-state index is 10.3. The highest BCUT2D eigenvalue weighted by atomic mass is 16.5. The molecule has 0 heterocycles. The summed E-state index contributed by atoms with van der Waals surface area (Å²) in [5, 5.41) is 10.3. The summed E-state index contributed by atoms with van der Waals surface area (Å²) in [6, 6.07) is 0. The summed E-state index contributed by atoms with van der Waals surface area (Å²) in [5.74, 6) is 0.666. The Bertz CT molecular complexity index is 171. The Morgan fingerprint density at radius 3 is 2.27 bits per heavy atom. The predicted molar refractivity (Wildman–Crippen MR) is 62.9 cm³/mol. The Morgan fingerprint density at radius 2 is 1.80 bits per heavy atom. The van der Waals surface area contributed by atoms with Crippen LogP contribution in [-0.4, -0.2) is 23.4 Å². The lowest BCUT2D eigenvalue weighted by molar-refractivity contribution is -0.119. The van der Waals surface area contributed by atoms with Crippen molar-refractivity contribution in [3.05, 3.63) is 0 Å². The van der Waals surface area contributed by atoms with Crippen LogP contribution in [0.2, 0.25) is 0 Å².